The molecule has 0 atom stereocenters. The lowest BCUT2D eigenvalue weighted by Gasteiger charge is -2.06. The molecule has 4 heteroatoms. The third kappa shape index (κ3) is 2.63. The Labute approximate surface area is 82.9 Å². The number of carbonyl (C=O) groups is 1. The second-order valence-corrected chi connectivity index (χ2v) is 4.28. The van der Waals surface area contributed by atoms with Crippen LogP contribution < -0.4 is 5.32 Å². The quantitative estimate of drug-likeness (QED) is 0.674. The largest absolute Gasteiger partial charge is 0.355 e. The number of nitrogens with one attached hydrogen (secondary N) is 1. The lowest BCUT2D eigenvalue weighted by Crippen LogP contribution is -2.32. The van der Waals surface area contributed by atoms with Gasteiger partial charge in [0.2, 0.25) is 5.91 Å². The van der Waals surface area contributed by atoms with Crippen LogP contribution in [-0.2, 0) is 4.79 Å². The second-order valence-electron chi connectivity index (χ2n) is 3.30. The Morgan fingerprint density at radius 3 is 2.85 bits per heavy atom. The van der Waals surface area contributed by atoms with E-state index in [1.807, 2.05) is 6.26 Å². The molecule has 1 fully saturated rings. The average molecular weight is 198 g/mol. The maximum Gasteiger partial charge on any atom is 0.240 e. The van der Waals surface area contributed by atoms with Crippen molar-refractivity contribution in [3.8, 4) is 6.07 Å². The smallest absolute Gasteiger partial charge is 0.240 e. The van der Waals surface area contributed by atoms with Crippen molar-refractivity contribution in [3.63, 3.8) is 0 Å². The summed E-state index contributed by atoms with van der Waals surface area (Å²) in [4.78, 5) is 11.4. The van der Waals surface area contributed by atoms with Crippen LogP contribution in [0.15, 0.2) is 0 Å². The fourth-order valence-corrected chi connectivity index (χ4v) is 1.54. The van der Waals surface area contributed by atoms with Crippen molar-refractivity contribution in [2.45, 2.75) is 19.3 Å². The molecule has 0 aromatic carbocycles. The molecule has 13 heavy (non-hydrogen) atoms. The van der Waals surface area contributed by atoms with E-state index in [4.69, 9.17) is 5.26 Å². The highest BCUT2D eigenvalue weighted by Gasteiger charge is 2.50. The monoisotopic (exact) mass is 198 g/mol. The predicted octanol–water partition coefficient (Wildman–Crippen LogP) is 1.16. The zero-order valence-electron chi connectivity index (χ0n) is 7.80. The molecule has 0 aliphatic heterocycles. The van der Waals surface area contributed by atoms with E-state index < -0.39 is 5.41 Å². The van der Waals surface area contributed by atoms with Gasteiger partial charge in [-0.15, -0.1) is 0 Å². The summed E-state index contributed by atoms with van der Waals surface area (Å²) < 4.78 is 0. The van der Waals surface area contributed by atoms with E-state index in [0.29, 0.717) is 6.54 Å². The molecule has 0 aromatic rings. The van der Waals surface area contributed by atoms with E-state index in [9.17, 15) is 4.79 Å². The first-order valence-corrected chi connectivity index (χ1v) is 5.83. The van der Waals surface area contributed by atoms with Crippen molar-refractivity contribution in [1.29, 1.82) is 5.26 Å². The summed E-state index contributed by atoms with van der Waals surface area (Å²) in [5.74, 6) is 0.982. The van der Waals surface area contributed by atoms with Crippen molar-refractivity contribution in [1.82, 2.24) is 5.32 Å². The van der Waals surface area contributed by atoms with Crippen molar-refractivity contribution >= 4 is 17.7 Å². The van der Waals surface area contributed by atoms with E-state index in [0.717, 1.165) is 25.0 Å². The van der Waals surface area contributed by atoms with Crippen LogP contribution in [-0.4, -0.2) is 24.5 Å². The molecule has 1 rings (SSSR count). The van der Waals surface area contributed by atoms with Crippen molar-refractivity contribution in [3.05, 3.63) is 0 Å². The molecule has 1 aliphatic carbocycles. The van der Waals surface area contributed by atoms with E-state index in [1.165, 1.54) is 0 Å². The van der Waals surface area contributed by atoms with E-state index >= 15 is 0 Å². The summed E-state index contributed by atoms with van der Waals surface area (Å²) in [5.41, 5.74) is -0.653. The number of nitriles is 1. The zero-order valence-corrected chi connectivity index (χ0v) is 8.62. The van der Waals surface area contributed by atoms with Gasteiger partial charge in [-0.05, 0) is 31.3 Å². The molecule has 3 nitrogen and oxygen atoms in total. The van der Waals surface area contributed by atoms with Crippen LogP contribution in [0.1, 0.15) is 19.3 Å². The van der Waals surface area contributed by atoms with Crippen LogP contribution in [0.25, 0.3) is 0 Å². The number of hydrogen-bond acceptors (Lipinski definition) is 3. The number of amides is 1. The molecule has 0 unspecified atom stereocenters. The molecule has 0 bridgehead atoms. The van der Waals surface area contributed by atoms with Gasteiger partial charge in [0.25, 0.3) is 0 Å². The maximum absolute atomic E-state index is 11.4. The second kappa shape index (κ2) is 4.52. The van der Waals surface area contributed by atoms with Gasteiger partial charge in [0.15, 0.2) is 0 Å². The van der Waals surface area contributed by atoms with Gasteiger partial charge in [-0.2, -0.15) is 17.0 Å². The average Bonchev–Trinajstić information content (AvgIpc) is 2.93. The topological polar surface area (TPSA) is 52.9 Å². The summed E-state index contributed by atoms with van der Waals surface area (Å²) in [5, 5.41) is 11.5. The van der Waals surface area contributed by atoms with Crippen molar-refractivity contribution < 1.29 is 4.79 Å². The molecular weight excluding hydrogens is 184 g/mol. The highest BCUT2D eigenvalue weighted by molar-refractivity contribution is 7.98. The van der Waals surface area contributed by atoms with Crippen LogP contribution >= 0.6 is 11.8 Å². The summed E-state index contributed by atoms with van der Waals surface area (Å²) in [6, 6.07) is 2.08. The van der Waals surface area contributed by atoms with Gasteiger partial charge in [-0.25, -0.2) is 0 Å². The van der Waals surface area contributed by atoms with Crippen LogP contribution in [0.4, 0.5) is 0 Å². The summed E-state index contributed by atoms with van der Waals surface area (Å²) in [6.45, 7) is 0.698. The minimum absolute atomic E-state index is 0.0731. The normalized spacial score (nSPS) is 17.5. The first-order chi connectivity index (χ1) is 6.25. The molecule has 0 heterocycles. The predicted molar refractivity (Wildman–Crippen MR) is 53.3 cm³/mol. The van der Waals surface area contributed by atoms with Gasteiger partial charge in [-0.3, -0.25) is 4.79 Å². The number of rotatable bonds is 5. The van der Waals surface area contributed by atoms with Crippen LogP contribution in [0, 0.1) is 16.7 Å². The number of carbonyl (C=O) groups excluding carboxylic acids is 1. The maximum atomic E-state index is 11.4. The van der Waals surface area contributed by atoms with Crippen molar-refractivity contribution in [2.24, 2.45) is 5.41 Å². The lowest BCUT2D eigenvalue weighted by atomic mass is 10.1. The molecule has 1 N–H and O–H groups in total. The fourth-order valence-electron chi connectivity index (χ4n) is 1.10. The number of hydrogen-bond donors (Lipinski definition) is 1. The van der Waals surface area contributed by atoms with Gasteiger partial charge < -0.3 is 5.32 Å². The van der Waals surface area contributed by atoms with Gasteiger partial charge in [0.1, 0.15) is 5.41 Å². The molecular formula is C9H14N2OS. The minimum Gasteiger partial charge on any atom is -0.355 e. The molecule has 0 aromatic heterocycles. The summed E-state index contributed by atoms with van der Waals surface area (Å²) in [7, 11) is 0. The van der Waals surface area contributed by atoms with Crippen LogP contribution in [0.3, 0.4) is 0 Å². The van der Waals surface area contributed by atoms with Gasteiger partial charge in [-0.1, -0.05) is 0 Å². The Bertz CT molecular complexity index is 230. The van der Waals surface area contributed by atoms with E-state index in [1.54, 1.807) is 11.8 Å². The lowest BCUT2D eigenvalue weighted by molar-refractivity contribution is -0.124. The van der Waals surface area contributed by atoms with Crippen molar-refractivity contribution in [2.75, 3.05) is 18.6 Å². The highest BCUT2D eigenvalue weighted by atomic mass is 32.2. The van der Waals surface area contributed by atoms with E-state index in [-0.39, 0.29) is 5.91 Å². The Morgan fingerprint density at radius 1 is 1.69 bits per heavy atom. The third-order valence-electron chi connectivity index (χ3n) is 2.21. The van der Waals surface area contributed by atoms with Gasteiger partial charge >= 0.3 is 0 Å². The molecule has 0 spiro atoms. The molecule has 72 valence electrons. The molecule has 0 radical (unpaired) electrons. The first-order valence-electron chi connectivity index (χ1n) is 4.44. The van der Waals surface area contributed by atoms with Crippen LogP contribution in [0.2, 0.25) is 0 Å². The van der Waals surface area contributed by atoms with Gasteiger partial charge in [0.05, 0.1) is 6.07 Å². The number of nitrogens with zero attached hydrogens (tertiary/aromatic N) is 1. The standard InChI is InChI=1S/C9H14N2OS/c1-13-6-2-5-11-8(12)9(7-10)3-4-9/h2-6H2,1H3,(H,11,12). The first kappa shape index (κ1) is 10.4. The molecule has 0 saturated heterocycles. The minimum atomic E-state index is -0.653. The summed E-state index contributed by atoms with van der Waals surface area (Å²) in [6.07, 6.45) is 4.49. The molecule has 1 aliphatic rings. The Hall–Kier alpha value is -0.690. The Morgan fingerprint density at radius 2 is 2.38 bits per heavy atom. The number of thioether (sulfide) groups is 1. The van der Waals surface area contributed by atoms with E-state index in [2.05, 4.69) is 11.4 Å². The summed E-state index contributed by atoms with van der Waals surface area (Å²) >= 11 is 1.77. The SMILES string of the molecule is CSCCCNC(=O)C1(C#N)CC1. The molecule has 1 saturated carbocycles. The Balaban J connectivity index is 2.16. The fraction of sp³-hybridized carbons (Fsp3) is 0.778. The van der Waals surface area contributed by atoms with Gasteiger partial charge in [0, 0.05) is 6.54 Å². The highest BCUT2D eigenvalue weighted by Crippen LogP contribution is 2.44. The molecule has 1 amide bonds. The Kier molecular flexibility index (Phi) is 3.61. The zero-order chi connectivity index (χ0) is 9.73. The van der Waals surface area contributed by atoms with Crippen LogP contribution in [0.5, 0.6) is 0 Å². The third-order valence-corrected chi connectivity index (χ3v) is 2.91.